The van der Waals surface area contributed by atoms with Crippen molar-refractivity contribution in [3.05, 3.63) is 83.7 Å². The number of hydrogen-bond acceptors (Lipinski definition) is 7. The van der Waals surface area contributed by atoms with E-state index in [0.717, 1.165) is 52.1 Å². The van der Waals surface area contributed by atoms with Crippen LogP contribution in [0.1, 0.15) is 17.0 Å². The minimum absolute atomic E-state index is 0. The van der Waals surface area contributed by atoms with Gasteiger partial charge < -0.3 is 19.8 Å². The number of thioether (sulfide) groups is 1. The molecule has 2 amide bonds. The van der Waals surface area contributed by atoms with E-state index in [2.05, 4.69) is 5.32 Å². The molecule has 8 nitrogen and oxygen atoms in total. The summed E-state index contributed by atoms with van der Waals surface area (Å²) in [7, 11) is 1.95. The topological polar surface area (TPSA) is 108 Å². The molecule has 5 rings (SSSR count). The molecule has 1 fully saturated rings. The number of halogens is 2. The number of aromatic nitrogens is 2. The monoisotopic (exact) mass is 574 g/mol. The highest BCUT2D eigenvalue weighted by atomic mass is 35.5. The highest BCUT2D eigenvalue weighted by Crippen LogP contribution is 2.27. The smallest absolute Gasteiger partial charge is 0.286 e. The summed E-state index contributed by atoms with van der Waals surface area (Å²) in [6.45, 7) is 0.927. The molecule has 3 aromatic carbocycles. The van der Waals surface area contributed by atoms with E-state index in [1.54, 1.807) is 0 Å². The van der Waals surface area contributed by atoms with Crippen LogP contribution < -0.4 is 20.5 Å². The van der Waals surface area contributed by atoms with Crippen molar-refractivity contribution in [3.8, 4) is 17.2 Å². The number of hydrogen-bond donors (Lipinski definition) is 2. The molecule has 1 aromatic heterocycles. The third-order valence-electron chi connectivity index (χ3n) is 6.02. The molecule has 38 heavy (non-hydrogen) atoms. The lowest BCUT2D eigenvalue weighted by atomic mass is 10.1. The van der Waals surface area contributed by atoms with Crippen LogP contribution in [0.15, 0.2) is 66.7 Å². The van der Waals surface area contributed by atoms with Crippen LogP contribution in [0.4, 0.5) is 4.79 Å². The summed E-state index contributed by atoms with van der Waals surface area (Å²) in [6, 6.07) is 21.3. The van der Waals surface area contributed by atoms with Crippen molar-refractivity contribution in [2.45, 2.75) is 24.7 Å². The van der Waals surface area contributed by atoms with Crippen molar-refractivity contribution in [3.63, 3.8) is 0 Å². The predicted molar refractivity (Wildman–Crippen MR) is 154 cm³/mol. The van der Waals surface area contributed by atoms with Crippen LogP contribution in [0.5, 0.6) is 17.2 Å². The van der Waals surface area contributed by atoms with Crippen molar-refractivity contribution in [1.82, 2.24) is 14.9 Å². The first kappa shape index (κ1) is 29.3. The third-order valence-corrected chi connectivity index (χ3v) is 7.00. The molecule has 1 saturated heterocycles. The number of nitrogens with zero attached hydrogens (tertiary/aromatic N) is 2. The van der Waals surface area contributed by atoms with Gasteiger partial charge in [-0.1, -0.05) is 36.0 Å². The van der Waals surface area contributed by atoms with Gasteiger partial charge in [-0.3, -0.25) is 14.9 Å². The maximum atomic E-state index is 11.8. The lowest BCUT2D eigenvalue weighted by Gasteiger charge is -2.09. The zero-order chi connectivity index (χ0) is 25.1. The summed E-state index contributed by atoms with van der Waals surface area (Å²) in [4.78, 5) is 27.8. The summed E-state index contributed by atoms with van der Waals surface area (Å²) >= 11 is 1.03. The Morgan fingerprint density at radius 2 is 1.61 bits per heavy atom. The first-order chi connectivity index (χ1) is 17.5. The van der Waals surface area contributed by atoms with E-state index in [-0.39, 0.29) is 41.2 Å². The Labute approximate surface area is 237 Å². The van der Waals surface area contributed by atoms with E-state index in [1.165, 1.54) is 5.56 Å². The standard InChI is InChI=1S/C27H26N4O4S.2ClH/c1-31-23-15-21(35-20-8-2-17(3-9-20)12-13-28)10-11-22(23)29-25(31)16-34-19-6-4-18(5-7-19)14-24-26(32)30-27(33)36-24;;/h2-11,15,24H,12-14,16,28H2,1H3,(H,30,32,33);2*1H. The second-order valence-electron chi connectivity index (χ2n) is 8.54. The Hall–Kier alpha value is -3.24. The van der Waals surface area contributed by atoms with Gasteiger partial charge in [0.1, 0.15) is 29.7 Å². The van der Waals surface area contributed by atoms with Crippen LogP contribution in [-0.4, -0.2) is 32.5 Å². The zero-order valence-corrected chi connectivity index (χ0v) is 23.0. The molecule has 1 unspecified atom stereocenters. The fraction of sp³-hybridized carbons (Fsp3) is 0.222. The molecular weight excluding hydrogens is 547 g/mol. The summed E-state index contributed by atoms with van der Waals surface area (Å²) in [6.07, 6.45) is 1.34. The molecule has 200 valence electrons. The van der Waals surface area contributed by atoms with Gasteiger partial charge in [0.25, 0.3) is 5.24 Å². The second kappa shape index (κ2) is 13.0. The molecule has 2 heterocycles. The zero-order valence-electron chi connectivity index (χ0n) is 20.6. The molecule has 4 aromatic rings. The summed E-state index contributed by atoms with van der Waals surface area (Å²) in [5.74, 6) is 2.75. The molecule has 1 atom stereocenters. The fourth-order valence-corrected chi connectivity index (χ4v) is 4.91. The number of nitrogens with one attached hydrogen (secondary N) is 1. The lowest BCUT2D eigenvalue weighted by molar-refractivity contribution is -0.118. The number of amides is 2. The van der Waals surface area contributed by atoms with Crippen LogP contribution in [0.3, 0.4) is 0 Å². The number of nitrogens with two attached hydrogens (primary N) is 1. The van der Waals surface area contributed by atoms with Crippen LogP contribution >= 0.6 is 36.6 Å². The molecule has 3 N–H and O–H groups in total. The number of aryl methyl sites for hydroxylation is 1. The molecule has 1 aliphatic rings. The minimum atomic E-state index is -0.381. The first-order valence-electron chi connectivity index (χ1n) is 11.6. The van der Waals surface area contributed by atoms with Gasteiger partial charge in [0.15, 0.2) is 0 Å². The summed E-state index contributed by atoms with van der Waals surface area (Å²) < 4.78 is 14.0. The second-order valence-corrected chi connectivity index (χ2v) is 9.72. The quantitative estimate of drug-likeness (QED) is 0.283. The van der Waals surface area contributed by atoms with E-state index in [9.17, 15) is 9.59 Å². The SMILES string of the molecule is Cl.Cl.Cn1c(COc2ccc(CC3SC(=O)NC3=O)cc2)nc2ccc(Oc3ccc(CCN)cc3)cc21. The Morgan fingerprint density at radius 1 is 0.947 bits per heavy atom. The molecular formula is C27H28Cl2N4O4S. The predicted octanol–water partition coefficient (Wildman–Crippen LogP) is 5.18. The summed E-state index contributed by atoms with van der Waals surface area (Å²) in [5.41, 5.74) is 9.57. The number of imide groups is 1. The normalized spacial score (nSPS) is 14.5. The Kier molecular flexibility index (Phi) is 10.0. The number of ether oxygens (including phenoxy) is 2. The maximum absolute atomic E-state index is 11.8. The van der Waals surface area contributed by atoms with E-state index in [4.69, 9.17) is 20.2 Å². The molecule has 11 heteroatoms. The van der Waals surface area contributed by atoms with Gasteiger partial charge in [-0.05, 0) is 66.9 Å². The van der Waals surface area contributed by atoms with Crippen molar-refractivity contribution >= 4 is 58.8 Å². The number of imidazole rings is 1. The third kappa shape index (κ3) is 6.79. The van der Waals surface area contributed by atoms with Gasteiger partial charge in [-0.2, -0.15) is 0 Å². The number of carbonyl (C=O) groups excluding carboxylic acids is 2. The number of benzene rings is 3. The largest absolute Gasteiger partial charge is 0.486 e. The number of fused-ring (bicyclic) bond motifs is 1. The van der Waals surface area contributed by atoms with Crippen LogP contribution in [-0.2, 0) is 31.3 Å². The summed E-state index contributed by atoms with van der Waals surface area (Å²) in [5, 5.41) is 1.64. The van der Waals surface area contributed by atoms with Gasteiger partial charge in [0.05, 0.1) is 16.3 Å². The van der Waals surface area contributed by atoms with E-state index < -0.39 is 0 Å². The van der Waals surface area contributed by atoms with Crippen LogP contribution in [0, 0.1) is 0 Å². The molecule has 0 bridgehead atoms. The van der Waals surface area contributed by atoms with Gasteiger partial charge >= 0.3 is 0 Å². The van der Waals surface area contributed by atoms with Gasteiger partial charge in [-0.15, -0.1) is 24.8 Å². The van der Waals surface area contributed by atoms with Gasteiger partial charge in [0.2, 0.25) is 5.91 Å². The molecule has 0 radical (unpaired) electrons. The average Bonchev–Trinajstić information content (AvgIpc) is 3.37. The molecule has 0 saturated carbocycles. The maximum Gasteiger partial charge on any atom is 0.286 e. The average molecular weight is 576 g/mol. The Morgan fingerprint density at radius 3 is 2.26 bits per heavy atom. The van der Waals surface area contributed by atoms with Crippen molar-refractivity contribution in [2.24, 2.45) is 12.8 Å². The Bertz CT molecular complexity index is 1410. The van der Waals surface area contributed by atoms with Gasteiger partial charge in [-0.25, -0.2) is 4.98 Å². The molecule has 0 spiro atoms. The Balaban J connectivity index is 0.00000200. The van der Waals surface area contributed by atoms with Crippen molar-refractivity contribution < 1.29 is 19.1 Å². The first-order valence-corrected chi connectivity index (χ1v) is 12.5. The van der Waals surface area contributed by atoms with Crippen LogP contribution in [0.2, 0.25) is 0 Å². The highest BCUT2D eigenvalue weighted by molar-refractivity contribution is 8.15. The van der Waals surface area contributed by atoms with Crippen molar-refractivity contribution in [1.29, 1.82) is 0 Å². The number of rotatable bonds is 9. The fourth-order valence-electron chi connectivity index (χ4n) is 4.05. The van der Waals surface area contributed by atoms with E-state index in [0.29, 0.717) is 25.3 Å². The van der Waals surface area contributed by atoms with E-state index in [1.807, 2.05) is 78.3 Å². The van der Waals surface area contributed by atoms with Gasteiger partial charge in [0, 0.05) is 13.1 Å². The molecule has 1 aliphatic heterocycles. The minimum Gasteiger partial charge on any atom is -0.486 e. The van der Waals surface area contributed by atoms with Crippen LogP contribution in [0.25, 0.3) is 11.0 Å². The highest BCUT2D eigenvalue weighted by Gasteiger charge is 2.31. The van der Waals surface area contributed by atoms with E-state index >= 15 is 0 Å². The van der Waals surface area contributed by atoms with Crippen molar-refractivity contribution in [2.75, 3.05) is 6.54 Å². The molecule has 0 aliphatic carbocycles. The number of carbonyl (C=O) groups is 2. The lowest BCUT2D eigenvalue weighted by Crippen LogP contribution is -2.25.